The SMILES string of the molecule is CSc1ccc(CNC(=O)C[C@@H]2CSCCN2)cc1. The molecular formula is C14H20N2OS2. The summed E-state index contributed by atoms with van der Waals surface area (Å²) in [4.78, 5) is 13.1. The summed E-state index contributed by atoms with van der Waals surface area (Å²) in [6, 6.07) is 8.65. The maximum Gasteiger partial charge on any atom is 0.221 e. The van der Waals surface area contributed by atoms with E-state index >= 15 is 0 Å². The molecule has 0 aliphatic carbocycles. The van der Waals surface area contributed by atoms with Crippen LogP contribution in [0.5, 0.6) is 0 Å². The van der Waals surface area contributed by atoms with Crippen molar-refractivity contribution >= 4 is 29.4 Å². The minimum Gasteiger partial charge on any atom is -0.352 e. The van der Waals surface area contributed by atoms with Crippen LogP contribution in [0.25, 0.3) is 0 Å². The molecule has 1 amide bonds. The van der Waals surface area contributed by atoms with Crippen LogP contribution in [-0.2, 0) is 11.3 Å². The summed E-state index contributed by atoms with van der Waals surface area (Å²) in [7, 11) is 0. The normalized spacial score (nSPS) is 19.1. The number of carbonyl (C=O) groups is 1. The molecule has 0 aromatic heterocycles. The van der Waals surface area contributed by atoms with E-state index in [4.69, 9.17) is 0 Å². The maximum absolute atomic E-state index is 11.8. The number of amides is 1. The Hall–Kier alpha value is -0.650. The number of hydrogen-bond donors (Lipinski definition) is 2. The highest BCUT2D eigenvalue weighted by Crippen LogP contribution is 2.15. The van der Waals surface area contributed by atoms with E-state index in [2.05, 4.69) is 41.2 Å². The van der Waals surface area contributed by atoms with Gasteiger partial charge in [-0.15, -0.1) is 11.8 Å². The summed E-state index contributed by atoms with van der Waals surface area (Å²) < 4.78 is 0. The summed E-state index contributed by atoms with van der Waals surface area (Å²) in [5, 5.41) is 6.37. The second-order valence-electron chi connectivity index (χ2n) is 4.55. The zero-order chi connectivity index (χ0) is 13.5. The molecule has 0 radical (unpaired) electrons. The van der Waals surface area contributed by atoms with Crippen LogP contribution in [0.2, 0.25) is 0 Å². The zero-order valence-electron chi connectivity index (χ0n) is 11.1. The molecule has 1 saturated heterocycles. The number of carbonyl (C=O) groups excluding carboxylic acids is 1. The quantitative estimate of drug-likeness (QED) is 0.817. The Morgan fingerprint density at radius 3 is 2.89 bits per heavy atom. The van der Waals surface area contributed by atoms with Crippen LogP contribution in [0.15, 0.2) is 29.2 Å². The molecular weight excluding hydrogens is 276 g/mol. The Kier molecular flexibility index (Phi) is 6.07. The maximum atomic E-state index is 11.8. The van der Waals surface area contributed by atoms with Crippen molar-refractivity contribution in [3.05, 3.63) is 29.8 Å². The lowest BCUT2D eigenvalue weighted by atomic mass is 10.2. The van der Waals surface area contributed by atoms with E-state index in [1.165, 1.54) is 4.90 Å². The molecule has 1 aromatic rings. The lowest BCUT2D eigenvalue weighted by Gasteiger charge is -2.22. The minimum absolute atomic E-state index is 0.133. The molecule has 2 N–H and O–H groups in total. The van der Waals surface area contributed by atoms with Gasteiger partial charge in [0, 0.05) is 42.0 Å². The Morgan fingerprint density at radius 2 is 2.26 bits per heavy atom. The number of hydrogen-bond acceptors (Lipinski definition) is 4. The van der Waals surface area contributed by atoms with Crippen LogP contribution in [0, 0.1) is 0 Å². The fourth-order valence-corrected chi connectivity index (χ4v) is 3.35. The van der Waals surface area contributed by atoms with Crippen molar-refractivity contribution in [3.63, 3.8) is 0 Å². The summed E-state index contributed by atoms with van der Waals surface area (Å²) in [5.74, 6) is 2.32. The van der Waals surface area contributed by atoms with Gasteiger partial charge in [0.25, 0.3) is 0 Å². The van der Waals surface area contributed by atoms with Crippen molar-refractivity contribution in [2.24, 2.45) is 0 Å². The first-order valence-electron chi connectivity index (χ1n) is 6.48. The first-order chi connectivity index (χ1) is 9.28. The van der Waals surface area contributed by atoms with Crippen LogP contribution in [-0.4, -0.2) is 36.3 Å². The van der Waals surface area contributed by atoms with Crippen molar-refractivity contribution in [2.45, 2.75) is 23.9 Å². The molecule has 1 heterocycles. The zero-order valence-corrected chi connectivity index (χ0v) is 12.8. The number of nitrogens with one attached hydrogen (secondary N) is 2. The van der Waals surface area contributed by atoms with Gasteiger partial charge >= 0.3 is 0 Å². The van der Waals surface area contributed by atoms with Gasteiger partial charge in [-0.1, -0.05) is 12.1 Å². The molecule has 1 aromatic carbocycles. The fourth-order valence-electron chi connectivity index (χ4n) is 1.99. The van der Waals surface area contributed by atoms with E-state index in [1.807, 2.05) is 11.8 Å². The van der Waals surface area contributed by atoms with Gasteiger partial charge in [-0.3, -0.25) is 4.79 Å². The summed E-state index contributed by atoms with van der Waals surface area (Å²) in [5.41, 5.74) is 1.15. The van der Waals surface area contributed by atoms with Gasteiger partial charge in [0.05, 0.1) is 0 Å². The standard InChI is InChI=1S/C14H20N2OS2/c1-18-13-4-2-11(3-5-13)9-16-14(17)8-12-10-19-7-6-15-12/h2-5,12,15H,6-10H2,1H3,(H,16,17)/t12-/m1/s1. The number of thioether (sulfide) groups is 2. The smallest absolute Gasteiger partial charge is 0.221 e. The Labute approximate surface area is 123 Å². The summed E-state index contributed by atoms with van der Waals surface area (Å²) in [6.45, 7) is 1.63. The monoisotopic (exact) mass is 296 g/mol. The number of rotatable bonds is 5. The van der Waals surface area contributed by atoms with Gasteiger partial charge in [0.1, 0.15) is 0 Å². The van der Waals surface area contributed by atoms with Crippen molar-refractivity contribution < 1.29 is 4.79 Å². The predicted molar refractivity (Wildman–Crippen MR) is 83.8 cm³/mol. The molecule has 3 nitrogen and oxygen atoms in total. The third-order valence-electron chi connectivity index (χ3n) is 3.08. The highest BCUT2D eigenvalue weighted by molar-refractivity contribution is 7.99. The van der Waals surface area contributed by atoms with Gasteiger partial charge < -0.3 is 10.6 Å². The summed E-state index contributed by atoms with van der Waals surface area (Å²) in [6.07, 6.45) is 2.64. The molecule has 5 heteroatoms. The average Bonchev–Trinajstić information content (AvgIpc) is 2.47. The van der Waals surface area contributed by atoms with Crippen LogP contribution in [0.4, 0.5) is 0 Å². The van der Waals surface area contributed by atoms with Crippen molar-refractivity contribution in [1.82, 2.24) is 10.6 Å². The fraction of sp³-hybridized carbons (Fsp3) is 0.500. The molecule has 0 saturated carbocycles. The molecule has 19 heavy (non-hydrogen) atoms. The largest absolute Gasteiger partial charge is 0.352 e. The molecule has 1 aliphatic heterocycles. The van der Waals surface area contributed by atoms with Crippen molar-refractivity contribution in [2.75, 3.05) is 24.3 Å². The Morgan fingerprint density at radius 1 is 1.47 bits per heavy atom. The van der Waals surface area contributed by atoms with Gasteiger partial charge in [-0.25, -0.2) is 0 Å². The van der Waals surface area contributed by atoms with Gasteiger partial charge in [-0.2, -0.15) is 11.8 Å². The van der Waals surface area contributed by atoms with Crippen molar-refractivity contribution in [1.29, 1.82) is 0 Å². The Bertz CT molecular complexity index is 402. The molecule has 104 valence electrons. The highest BCUT2D eigenvalue weighted by atomic mass is 32.2. The van der Waals surface area contributed by atoms with Crippen LogP contribution >= 0.6 is 23.5 Å². The molecule has 0 bridgehead atoms. The van der Waals surface area contributed by atoms with E-state index in [9.17, 15) is 4.79 Å². The van der Waals surface area contributed by atoms with E-state index in [0.29, 0.717) is 19.0 Å². The van der Waals surface area contributed by atoms with E-state index in [1.54, 1.807) is 11.8 Å². The van der Waals surface area contributed by atoms with Gasteiger partial charge in [0.2, 0.25) is 5.91 Å². The molecule has 1 fully saturated rings. The first kappa shape index (κ1) is 14.8. The second-order valence-corrected chi connectivity index (χ2v) is 6.58. The third-order valence-corrected chi connectivity index (χ3v) is 4.95. The van der Waals surface area contributed by atoms with E-state index in [0.717, 1.165) is 23.6 Å². The van der Waals surface area contributed by atoms with Crippen LogP contribution in [0.3, 0.4) is 0 Å². The number of benzene rings is 1. The molecule has 1 aliphatic rings. The Balaban J connectivity index is 1.72. The second kappa shape index (κ2) is 7.82. The van der Waals surface area contributed by atoms with Gasteiger partial charge in [-0.05, 0) is 24.0 Å². The van der Waals surface area contributed by atoms with Crippen LogP contribution < -0.4 is 10.6 Å². The van der Waals surface area contributed by atoms with Gasteiger partial charge in [0.15, 0.2) is 0 Å². The molecule has 1 atom stereocenters. The lowest BCUT2D eigenvalue weighted by Crippen LogP contribution is -2.41. The molecule has 0 unspecified atom stereocenters. The first-order valence-corrected chi connectivity index (χ1v) is 8.86. The predicted octanol–water partition coefficient (Wildman–Crippen LogP) is 2.12. The highest BCUT2D eigenvalue weighted by Gasteiger charge is 2.16. The minimum atomic E-state index is 0.133. The van der Waals surface area contributed by atoms with Crippen molar-refractivity contribution in [3.8, 4) is 0 Å². The van der Waals surface area contributed by atoms with E-state index < -0.39 is 0 Å². The summed E-state index contributed by atoms with van der Waals surface area (Å²) >= 11 is 3.65. The molecule has 2 rings (SSSR count). The third kappa shape index (κ3) is 5.09. The van der Waals surface area contributed by atoms with E-state index in [-0.39, 0.29) is 5.91 Å². The van der Waals surface area contributed by atoms with Crippen LogP contribution in [0.1, 0.15) is 12.0 Å². The molecule has 0 spiro atoms. The topological polar surface area (TPSA) is 41.1 Å². The average molecular weight is 296 g/mol. The lowest BCUT2D eigenvalue weighted by molar-refractivity contribution is -0.121.